The SMILES string of the molecule is CCc1cccc2sc(NC(=O)Cc3ccc(OC)c(C)c3)nc12. The number of nitrogens with zero attached hydrogens (tertiary/aromatic N) is 1. The second kappa shape index (κ2) is 7.01. The van der Waals surface area contributed by atoms with E-state index in [2.05, 4.69) is 23.3 Å². The smallest absolute Gasteiger partial charge is 0.230 e. The first kappa shape index (κ1) is 16.5. The highest BCUT2D eigenvalue weighted by atomic mass is 32.1. The van der Waals surface area contributed by atoms with Crippen LogP contribution in [-0.2, 0) is 17.6 Å². The van der Waals surface area contributed by atoms with E-state index in [0.29, 0.717) is 11.6 Å². The van der Waals surface area contributed by atoms with Crippen molar-refractivity contribution in [3.05, 3.63) is 53.1 Å². The maximum absolute atomic E-state index is 12.3. The van der Waals surface area contributed by atoms with Crippen LogP contribution in [0.2, 0.25) is 0 Å². The summed E-state index contributed by atoms with van der Waals surface area (Å²) in [6, 6.07) is 11.9. The van der Waals surface area contributed by atoms with Crippen LogP contribution in [-0.4, -0.2) is 18.0 Å². The van der Waals surface area contributed by atoms with Crippen LogP contribution in [0.15, 0.2) is 36.4 Å². The summed E-state index contributed by atoms with van der Waals surface area (Å²) in [4.78, 5) is 16.9. The van der Waals surface area contributed by atoms with Gasteiger partial charge in [0.1, 0.15) is 5.75 Å². The number of hydrogen-bond acceptors (Lipinski definition) is 4. The molecule has 3 rings (SSSR count). The molecule has 1 N–H and O–H groups in total. The van der Waals surface area contributed by atoms with E-state index in [9.17, 15) is 4.79 Å². The molecule has 0 fully saturated rings. The molecule has 0 aliphatic rings. The largest absolute Gasteiger partial charge is 0.496 e. The van der Waals surface area contributed by atoms with Gasteiger partial charge in [-0.25, -0.2) is 4.98 Å². The molecule has 0 unspecified atom stereocenters. The van der Waals surface area contributed by atoms with Crippen molar-refractivity contribution < 1.29 is 9.53 Å². The van der Waals surface area contributed by atoms with Gasteiger partial charge < -0.3 is 10.1 Å². The van der Waals surface area contributed by atoms with Crippen molar-refractivity contribution in [2.45, 2.75) is 26.7 Å². The number of carbonyl (C=O) groups is 1. The summed E-state index contributed by atoms with van der Waals surface area (Å²) < 4.78 is 6.35. The number of fused-ring (bicyclic) bond motifs is 1. The Kier molecular flexibility index (Phi) is 4.81. The summed E-state index contributed by atoms with van der Waals surface area (Å²) in [7, 11) is 1.65. The van der Waals surface area contributed by atoms with E-state index < -0.39 is 0 Å². The van der Waals surface area contributed by atoms with Gasteiger partial charge in [0.15, 0.2) is 5.13 Å². The number of aryl methyl sites for hydroxylation is 2. The molecule has 0 saturated carbocycles. The molecule has 0 spiro atoms. The second-order valence-electron chi connectivity index (χ2n) is 5.67. The van der Waals surface area contributed by atoms with Gasteiger partial charge in [-0.15, -0.1) is 0 Å². The molecular weight excluding hydrogens is 320 g/mol. The molecule has 5 heteroatoms. The first-order chi connectivity index (χ1) is 11.6. The van der Waals surface area contributed by atoms with E-state index in [1.54, 1.807) is 7.11 Å². The number of anilines is 1. The molecule has 0 radical (unpaired) electrons. The fourth-order valence-electron chi connectivity index (χ4n) is 2.74. The van der Waals surface area contributed by atoms with Crippen LogP contribution in [0.5, 0.6) is 5.75 Å². The molecule has 3 aromatic rings. The number of para-hydroxylation sites is 1. The van der Waals surface area contributed by atoms with Crippen LogP contribution in [0.1, 0.15) is 23.6 Å². The van der Waals surface area contributed by atoms with Crippen molar-refractivity contribution in [3.8, 4) is 5.75 Å². The van der Waals surface area contributed by atoms with Gasteiger partial charge in [0.25, 0.3) is 0 Å². The lowest BCUT2D eigenvalue weighted by Crippen LogP contribution is -2.14. The van der Waals surface area contributed by atoms with Crippen molar-refractivity contribution in [3.63, 3.8) is 0 Å². The van der Waals surface area contributed by atoms with Gasteiger partial charge in [-0.05, 0) is 42.2 Å². The van der Waals surface area contributed by atoms with Crippen molar-refractivity contribution in [1.29, 1.82) is 0 Å². The number of benzene rings is 2. The van der Waals surface area contributed by atoms with Gasteiger partial charge in [0.05, 0.1) is 23.7 Å². The molecule has 24 heavy (non-hydrogen) atoms. The maximum atomic E-state index is 12.3. The number of rotatable bonds is 5. The van der Waals surface area contributed by atoms with Crippen LogP contribution in [0.4, 0.5) is 5.13 Å². The number of nitrogens with one attached hydrogen (secondary N) is 1. The number of carbonyl (C=O) groups excluding carboxylic acids is 1. The number of methoxy groups -OCH3 is 1. The first-order valence-electron chi connectivity index (χ1n) is 7.92. The van der Waals surface area contributed by atoms with Crippen molar-refractivity contribution in [2.24, 2.45) is 0 Å². The minimum Gasteiger partial charge on any atom is -0.496 e. The number of ether oxygens (including phenoxy) is 1. The maximum Gasteiger partial charge on any atom is 0.230 e. The third kappa shape index (κ3) is 3.41. The Morgan fingerprint density at radius 1 is 1.29 bits per heavy atom. The third-order valence-corrected chi connectivity index (χ3v) is 4.89. The Morgan fingerprint density at radius 3 is 2.83 bits per heavy atom. The summed E-state index contributed by atoms with van der Waals surface area (Å²) in [6.45, 7) is 4.08. The molecule has 4 nitrogen and oxygen atoms in total. The molecule has 124 valence electrons. The quantitative estimate of drug-likeness (QED) is 0.751. The zero-order chi connectivity index (χ0) is 17.1. The molecular formula is C19H20N2O2S. The fraction of sp³-hybridized carbons (Fsp3) is 0.263. The van der Waals surface area contributed by atoms with Gasteiger partial charge in [-0.1, -0.05) is 42.5 Å². The average Bonchev–Trinajstić information content (AvgIpc) is 2.97. The van der Waals surface area contributed by atoms with Crippen molar-refractivity contribution >= 4 is 32.6 Å². The topological polar surface area (TPSA) is 51.2 Å². The lowest BCUT2D eigenvalue weighted by Gasteiger charge is -2.07. The molecule has 1 aromatic heterocycles. The Bertz CT molecular complexity index is 886. The van der Waals surface area contributed by atoms with Crippen LogP contribution >= 0.6 is 11.3 Å². The van der Waals surface area contributed by atoms with E-state index >= 15 is 0 Å². The van der Waals surface area contributed by atoms with Crippen LogP contribution < -0.4 is 10.1 Å². The van der Waals surface area contributed by atoms with Gasteiger partial charge in [0.2, 0.25) is 5.91 Å². The van der Waals surface area contributed by atoms with E-state index in [0.717, 1.165) is 33.5 Å². The molecule has 0 atom stereocenters. The van der Waals surface area contributed by atoms with Gasteiger partial charge >= 0.3 is 0 Å². The Morgan fingerprint density at radius 2 is 2.12 bits per heavy atom. The van der Waals surface area contributed by atoms with Gasteiger partial charge in [-0.3, -0.25) is 4.79 Å². The lowest BCUT2D eigenvalue weighted by atomic mass is 10.1. The van der Waals surface area contributed by atoms with E-state index in [1.807, 2.05) is 37.3 Å². The third-order valence-electron chi connectivity index (χ3n) is 3.95. The highest BCUT2D eigenvalue weighted by molar-refractivity contribution is 7.22. The lowest BCUT2D eigenvalue weighted by molar-refractivity contribution is -0.115. The van der Waals surface area contributed by atoms with Gasteiger partial charge in [0, 0.05) is 0 Å². The summed E-state index contributed by atoms with van der Waals surface area (Å²) in [5.41, 5.74) is 4.17. The molecule has 2 aromatic carbocycles. The zero-order valence-corrected chi connectivity index (χ0v) is 14.9. The standard InChI is InChI=1S/C19H20N2O2S/c1-4-14-6-5-7-16-18(14)21-19(24-16)20-17(22)11-13-8-9-15(23-3)12(2)10-13/h5-10H,4,11H2,1-3H3,(H,20,21,22). The number of aromatic nitrogens is 1. The second-order valence-corrected chi connectivity index (χ2v) is 6.70. The molecule has 1 amide bonds. The number of amides is 1. The monoisotopic (exact) mass is 340 g/mol. The average molecular weight is 340 g/mol. The summed E-state index contributed by atoms with van der Waals surface area (Å²) >= 11 is 1.51. The summed E-state index contributed by atoms with van der Waals surface area (Å²) in [6.07, 6.45) is 1.25. The van der Waals surface area contributed by atoms with Gasteiger partial charge in [-0.2, -0.15) is 0 Å². The van der Waals surface area contributed by atoms with E-state index in [-0.39, 0.29) is 5.91 Å². The normalized spacial score (nSPS) is 10.8. The van der Waals surface area contributed by atoms with E-state index in [1.165, 1.54) is 16.9 Å². The predicted molar refractivity (Wildman–Crippen MR) is 99.1 cm³/mol. The van der Waals surface area contributed by atoms with E-state index in [4.69, 9.17) is 4.74 Å². The highest BCUT2D eigenvalue weighted by Crippen LogP contribution is 2.28. The molecule has 0 aliphatic heterocycles. The molecule has 0 aliphatic carbocycles. The summed E-state index contributed by atoms with van der Waals surface area (Å²) in [5.74, 6) is 0.772. The molecule has 0 saturated heterocycles. The van der Waals surface area contributed by atoms with Crippen molar-refractivity contribution in [2.75, 3.05) is 12.4 Å². The Balaban J connectivity index is 1.74. The molecule has 0 bridgehead atoms. The Hall–Kier alpha value is -2.40. The minimum atomic E-state index is -0.0586. The summed E-state index contributed by atoms with van der Waals surface area (Å²) in [5, 5.41) is 3.57. The van der Waals surface area contributed by atoms with Crippen LogP contribution in [0.25, 0.3) is 10.2 Å². The number of thiazole rings is 1. The Labute approximate surface area is 145 Å². The van der Waals surface area contributed by atoms with Crippen molar-refractivity contribution in [1.82, 2.24) is 4.98 Å². The number of hydrogen-bond donors (Lipinski definition) is 1. The minimum absolute atomic E-state index is 0.0586. The zero-order valence-electron chi connectivity index (χ0n) is 14.1. The predicted octanol–water partition coefficient (Wildman–Crippen LogP) is 4.36. The fourth-order valence-corrected chi connectivity index (χ4v) is 3.67. The first-order valence-corrected chi connectivity index (χ1v) is 8.74. The highest BCUT2D eigenvalue weighted by Gasteiger charge is 2.11. The van der Waals surface area contributed by atoms with Crippen LogP contribution in [0, 0.1) is 6.92 Å². The molecule has 1 heterocycles. The van der Waals surface area contributed by atoms with Crippen LogP contribution in [0.3, 0.4) is 0 Å².